The first-order valence-corrected chi connectivity index (χ1v) is 9.22. The van der Waals surface area contributed by atoms with E-state index in [1.54, 1.807) is 28.0 Å². The number of carboxylic acids is 1. The molecule has 2 rings (SSSR count). The molecule has 140 valence electrons. The molecule has 1 saturated heterocycles. The van der Waals surface area contributed by atoms with Crippen molar-refractivity contribution < 1.29 is 14.7 Å². The second kappa shape index (κ2) is 9.65. The third-order valence-electron chi connectivity index (χ3n) is 4.30. The van der Waals surface area contributed by atoms with Gasteiger partial charge < -0.3 is 14.9 Å². The average Bonchev–Trinajstić information content (AvgIpc) is 2.57. The Morgan fingerprint density at radius 3 is 2.65 bits per heavy atom. The number of carbonyl (C=O) groups excluding carboxylic acids is 1. The van der Waals surface area contributed by atoms with Gasteiger partial charge in [0.1, 0.15) is 0 Å². The normalized spacial score (nSPS) is 17.3. The number of amides is 2. The first-order valence-electron chi connectivity index (χ1n) is 8.47. The van der Waals surface area contributed by atoms with Crippen LogP contribution in [0.25, 0.3) is 0 Å². The van der Waals surface area contributed by atoms with E-state index in [0.717, 1.165) is 5.56 Å². The molecule has 0 aromatic heterocycles. The Morgan fingerprint density at radius 1 is 1.27 bits per heavy atom. The largest absolute Gasteiger partial charge is 0.481 e. The summed E-state index contributed by atoms with van der Waals surface area (Å²) in [5.74, 6) is -1.02. The van der Waals surface area contributed by atoms with Crippen molar-refractivity contribution in [1.29, 1.82) is 5.26 Å². The number of nitriles is 1. The van der Waals surface area contributed by atoms with Crippen LogP contribution in [0.15, 0.2) is 18.2 Å². The highest BCUT2D eigenvalue weighted by Crippen LogP contribution is 2.25. The van der Waals surface area contributed by atoms with Crippen LogP contribution in [0.1, 0.15) is 31.2 Å². The number of urea groups is 1. The van der Waals surface area contributed by atoms with Gasteiger partial charge in [0.25, 0.3) is 0 Å². The molecule has 0 bridgehead atoms. The first kappa shape index (κ1) is 20.3. The van der Waals surface area contributed by atoms with Gasteiger partial charge in [0.2, 0.25) is 0 Å². The minimum Gasteiger partial charge on any atom is -0.481 e. The highest BCUT2D eigenvalue weighted by atomic mass is 35.5. The fourth-order valence-corrected chi connectivity index (χ4v) is 3.56. The predicted molar refractivity (Wildman–Crippen MR) is 99.0 cm³/mol. The first-order chi connectivity index (χ1) is 12.4. The lowest BCUT2D eigenvalue weighted by Gasteiger charge is -2.40. The van der Waals surface area contributed by atoms with Crippen molar-refractivity contribution in [2.75, 3.05) is 19.6 Å². The molecule has 1 aromatic carbocycles. The number of hydrogen-bond donors (Lipinski definition) is 1. The molecule has 8 heteroatoms. The quantitative estimate of drug-likeness (QED) is 0.671. The maximum atomic E-state index is 12.8. The van der Waals surface area contributed by atoms with E-state index in [4.69, 9.17) is 33.6 Å². The van der Waals surface area contributed by atoms with Crippen molar-refractivity contribution in [2.24, 2.45) is 5.92 Å². The van der Waals surface area contributed by atoms with Crippen molar-refractivity contribution >= 4 is 35.2 Å². The minimum absolute atomic E-state index is 0.00677. The lowest BCUT2D eigenvalue weighted by Crippen LogP contribution is -2.53. The van der Waals surface area contributed by atoms with Gasteiger partial charge >= 0.3 is 12.0 Å². The van der Waals surface area contributed by atoms with Crippen LogP contribution >= 0.6 is 23.2 Å². The summed E-state index contributed by atoms with van der Waals surface area (Å²) in [6.45, 7) is 1.61. The molecule has 0 aliphatic carbocycles. The van der Waals surface area contributed by atoms with Crippen LogP contribution in [0.4, 0.5) is 4.79 Å². The molecule has 0 radical (unpaired) electrons. The second-order valence-electron chi connectivity index (χ2n) is 6.42. The summed E-state index contributed by atoms with van der Waals surface area (Å²) in [5.41, 5.74) is 0.768. The highest BCUT2D eigenvalue weighted by molar-refractivity contribution is 6.35. The van der Waals surface area contributed by atoms with E-state index in [2.05, 4.69) is 6.07 Å². The van der Waals surface area contributed by atoms with Crippen molar-refractivity contribution in [3.05, 3.63) is 33.8 Å². The van der Waals surface area contributed by atoms with Gasteiger partial charge in [-0.1, -0.05) is 29.3 Å². The maximum Gasteiger partial charge on any atom is 0.320 e. The molecule has 1 heterocycles. The van der Waals surface area contributed by atoms with Crippen LogP contribution < -0.4 is 0 Å². The summed E-state index contributed by atoms with van der Waals surface area (Å²) in [6, 6.07) is 7.07. The Hall–Kier alpha value is -1.97. The smallest absolute Gasteiger partial charge is 0.320 e. The molecule has 1 N–H and O–H groups in total. The van der Waals surface area contributed by atoms with E-state index in [9.17, 15) is 9.59 Å². The number of halogens is 2. The van der Waals surface area contributed by atoms with Crippen molar-refractivity contribution in [3.63, 3.8) is 0 Å². The Morgan fingerprint density at radius 2 is 2.00 bits per heavy atom. The summed E-state index contributed by atoms with van der Waals surface area (Å²) in [4.78, 5) is 27.2. The maximum absolute atomic E-state index is 12.8. The number of carboxylic acid groups (broad SMARTS) is 1. The van der Waals surface area contributed by atoms with Crippen molar-refractivity contribution in [1.82, 2.24) is 9.80 Å². The molecule has 26 heavy (non-hydrogen) atoms. The molecule has 1 atom stereocenters. The SMILES string of the molecule is N#CCCCCN1CC(CC(=O)O)CN(Cc2ccc(Cl)cc2Cl)C1=O. The molecule has 1 aromatic rings. The number of unbranched alkanes of at least 4 members (excludes halogenated alkanes) is 2. The minimum atomic E-state index is -0.877. The van der Waals surface area contributed by atoms with Crippen LogP contribution in [-0.2, 0) is 11.3 Å². The van der Waals surface area contributed by atoms with Gasteiger partial charge in [-0.2, -0.15) is 5.26 Å². The van der Waals surface area contributed by atoms with E-state index in [0.29, 0.717) is 55.5 Å². The molecule has 1 aliphatic rings. The van der Waals surface area contributed by atoms with Crippen LogP contribution in [0, 0.1) is 17.2 Å². The lowest BCUT2D eigenvalue weighted by atomic mass is 10.0. The summed E-state index contributed by atoms with van der Waals surface area (Å²) >= 11 is 12.1. The van der Waals surface area contributed by atoms with Gasteiger partial charge in [-0.15, -0.1) is 0 Å². The number of benzene rings is 1. The molecule has 2 amide bonds. The fourth-order valence-electron chi connectivity index (χ4n) is 3.09. The van der Waals surface area contributed by atoms with E-state index in [1.165, 1.54) is 0 Å². The Kier molecular flexibility index (Phi) is 7.55. The van der Waals surface area contributed by atoms with Gasteiger partial charge in [0.15, 0.2) is 0 Å². The van der Waals surface area contributed by atoms with Crippen LogP contribution in [0.5, 0.6) is 0 Å². The summed E-state index contributed by atoms with van der Waals surface area (Å²) in [7, 11) is 0. The molecule has 0 saturated carbocycles. The number of rotatable bonds is 8. The van der Waals surface area contributed by atoms with E-state index < -0.39 is 5.97 Å². The van der Waals surface area contributed by atoms with Gasteiger partial charge in [-0.3, -0.25) is 4.79 Å². The molecular formula is C18H21Cl2N3O3. The van der Waals surface area contributed by atoms with E-state index >= 15 is 0 Å². The van der Waals surface area contributed by atoms with Gasteiger partial charge in [-0.05, 0) is 30.5 Å². The summed E-state index contributed by atoms with van der Waals surface area (Å²) in [5, 5.41) is 18.7. The third kappa shape index (κ3) is 5.79. The Balaban J connectivity index is 2.09. The molecule has 6 nitrogen and oxygen atoms in total. The van der Waals surface area contributed by atoms with E-state index in [1.807, 2.05) is 0 Å². The average molecular weight is 398 g/mol. The van der Waals surface area contributed by atoms with Crippen LogP contribution in [-0.4, -0.2) is 46.5 Å². The Bertz CT molecular complexity index is 705. The number of aliphatic carboxylic acids is 1. The van der Waals surface area contributed by atoms with Crippen LogP contribution in [0.2, 0.25) is 10.0 Å². The van der Waals surface area contributed by atoms with Gasteiger partial charge in [0, 0.05) is 48.6 Å². The molecule has 1 aliphatic heterocycles. The summed E-state index contributed by atoms with van der Waals surface area (Å²) in [6.07, 6.45) is 1.89. The van der Waals surface area contributed by atoms with Crippen molar-refractivity contribution in [2.45, 2.75) is 32.2 Å². The van der Waals surface area contributed by atoms with Crippen LogP contribution in [0.3, 0.4) is 0 Å². The zero-order valence-corrected chi connectivity index (χ0v) is 15.8. The number of hydrogen-bond acceptors (Lipinski definition) is 3. The molecule has 0 spiro atoms. The Labute approximate surface area is 162 Å². The van der Waals surface area contributed by atoms with Gasteiger partial charge in [-0.25, -0.2) is 4.79 Å². The third-order valence-corrected chi connectivity index (χ3v) is 4.89. The highest BCUT2D eigenvalue weighted by Gasteiger charge is 2.32. The summed E-state index contributed by atoms with van der Waals surface area (Å²) < 4.78 is 0. The van der Waals surface area contributed by atoms with Gasteiger partial charge in [0.05, 0.1) is 12.5 Å². The van der Waals surface area contributed by atoms with Crippen molar-refractivity contribution in [3.8, 4) is 6.07 Å². The predicted octanol–water partition coefficient (Wildman–Crippen LogP) is 4.02. The molecule has 1 unspecified atom stereocenters. The zero-order valence-electron chi connectivity index (χ0n) is 14.3. The van der Waals surface area contributed by atoms with E-state index in [-0.39, 0.29) is 18.4 Å². The standard InChI is InChI=1S/C18H21Cl2N3O3/c19-15-5-4-14(16(20)9-15)12-23-11-13(8-17(24)25)10-22(18(23)26)7-3-1-2-6-21/h4-5,9,13H,1-3,7-8,10-12H2,(H,24,25). The fraction of sp³-hybridized carbons (Fsp3) is 0.500. The zero-order chi connectivity index (χ0) is 19.1. The monoisotopic (exact) mass is 397 g/mol. The number of nitrogens with zero attached hydrogens (tertiary/aromatic N) is 3. The topological polar surface area (TPSA) is 84.6 Å². The lowest BCUT2D eigenvalue weighted by molar-refractivity contribution is -0.138. The molecule has 1 fully saturated rings. The second-order valence-corrected chi connectivity index (χ2v) is 7.27. The number of carbonyl (C=O) groups is 2. The molecular weight excluding hydrogens is 377 g/mol.